The highest BCUT2D eigenvalue weighted by Crippen LogP contribution is 2.37. The Labute approximate surface area is 189 Å². The van der Waals surface area contributed by atoms with Crippen LogP contribution in [0.1, 0.15) is 45.0 Å². The summed E-state index contributed by atoms with van der Waals surface area (Å²) < 4.78 is 36.1. The molecule has 1 atom stereocenters. The zero-order valence-electron chi connectivity index (χ0n) is 19.0. The van der Waals surface area contributed by atoms with Crippen molar-refractivity contribution in [2.75, 3.05) is 23.8 Å². The average Bonchev–Trinajstić information content (AvgIpc) is 2.76. The first-order chi connectivity index (χ1) is 15.1. The molecule has 0 heterocycles. The largest absolute Gasteiger partial charge is 0.492 e. The molecule has 0 aliphatic heterocycles. The topological polar surface area (TPSA) is 111 Å². The molecule has 2 aromatic carbocycles. The van der Waals surface area contributed by atoms with Crippen LogP contribution in [0, 0.1) is 0 Å². The molecule has 0 saturated heterocycles. The summed E-state index contributed by atoms with van der Waals surface area (Å²) in [5.74, 6) is -0.415. The zero-order chi connectivity index (χ0) is 23.9. The van der Waals surface area contributed by atoms with Crippen molar-refractivity contribution in [1.82, 2.24) is 0 Å². The lowest BCUT2D eigenvalue weighted by molar-refractivity contribution is -0.115. The Morgan fingerprint density at radius 2 is 1.38 bits per heavy atom. The number of amides is 2. The Bertz CT molecular complexity index is 1050. The smallest absolute Gasteiger partial charge is 0.255 e. The minimum atomic E-state index is -3.64. The fraction of sp³-hybridized carbons (Fsp3) is 0.391. The summed E-state index contributed by atoms with van der Waals surface area (Å²) in [6, 6.07) is 11.8. The van der Waals surface area contributed by atoms with Gasteiger partial charge in [0.1, 0.15) is 16.7 Å². The molecule has 0 radical (unpaired) electrons. The Hall–Kier alpha value is -3.07. The van der Waals surface area contributed by atoms with E-state index in [1.807, 2.05) is 6.07 Å². The molecule has 2 aromatic rings. The van der Waals surface area contributed by atoms with E-state index in [0.717, 1.165) is 0 Å². The second-order valence-corrected chi connectivity index (χ2v) is 10.1. The molecule has 0 aliphatic rings. The minimum absolute atomic E-state index is 0.254. The van der Waals surface area contributed by atoms with Crippen LogP contribution in [0.4, 0.5) is 11.4 Å². The summed E-state index contributed by atoms with van der Waals surface area (Å²) in [6.07, 6.45) is 0. The van der Waals surface area contributed by atoms with Crippen LogP contribution in [0.2, 0.25) is 0 Å². The molecule has 0 fully saturated rings. The fourth-order valence-electron chi connectivity index (χ4n) is 2.88. The zero-order valence-corrected chi connectivity index (χ0v) is 19.8. The lowest BCUT2D eigenvalue weighted by atomic mass is 10.2. The first-order valence-electron chi connectivity index (χ1n) is 10.4. The number of rotatable bonds is 10. The van der Waals surface area contributed by atoms with Crippen LogP contribution in [0.5, 0.6) is 11.5 Å². The van der Waals surface area contributed by atoms with Gasteiger partial charge in [0.2, 0.25) is 5.91 Å². The minimum Gasteiger partial charge on any atom is -0.492 e. The molecule has 0 bridgehead atoms. The molecule has 8 nitrogen and oxygen atoms in total. The maximum atomic E-state index is 12.7. The summed E-state index contributed by atoms with van der Waals surface area (Å²) in [7, 11) is -3.64. The SMILES string of the molecule is CCOc1cc(NC(=O)C(C)S(=O)(=O)C(C)C)c(OCC)cc1NC(=O)c1ccccc1. The standard InChI is InChI=1S/C23H30N2O6S/c1-6-30-20-14-19(25-23(27)17-11-9-8-10-12-17)21(31-7-2)13-18(20)24-22(26)16(5)32(28,29)15(3)4/h8-16H,6-7H2,1-5H3,(H,24,26)(H,25,27). The molecule has 0 spiro atoms. The second kappa shape index (κ2) is 11.0. The van der Waals surface area contributed by atoms with Crippen molar-refractivity contribution < 1.29 is 27.5 Å². The summed E-state index contributed by atoms with van der Waals surface area (Å²) in [5.41, 5.74) is 1.09. The molecule has 174 valence electrons. The molecule has 2 amide bonds. The van der Waals surface area contributed by atoms with E-state index < -0.39 is 26.2 Å². The number of hydrogen-bond donors (Lipinski definition) is 2. The van der Waals surface area contributed by atoms with Gasteiger partial charge in [-0.3, -0.25) is 9.59 Å². The highest BCUT2D eigenvalue weighted by Gasteiger charge is 2.31. The number of carbonyl (C=O) groups excluding carboxylic acids is 2. The first-order valence-corrected chi connectivity index (χ1v) is 12.1. The molecule has 1 unspecified atom stereocenters. The molecule has 0 aliphatic carbocycles. The van der Waals surface area contributed by atoms with Gasteiger partial charge in [-0.25, -0.2) is 8.42 Å². The van der Waals surface area contributed by atoms with Crippen molar-refractivity contribution in [2.45, 2.75) is 45.1 Å². The predicted molar refractivity (Wildman–Crippen MR) is 125 cm³/mol. The van der Waals surface area contributed by atoms with E-state index in [2.05, 4.69) is 10.6 Å². The number of hydrogen-bond acceptors (Lipinski definition) is 6. The molecule has 2 N–H and O–H groups in total. The van der Waals surface area contributed by atoms with Crippen molar-refractivity contribution in [3.05, 3.63) is 48.0 Å². The van der Waals surface area contributed by atoms with E-state index in [1.54, 1.807) is 44.2 Å². The molecular formula is C23H30N2O6S. The third-order valence-electron chi connectivity index (χ3n) is 4.74. The monoisotopic (exact) mass is 462 g/mol. The highest BCUT2D eigenvalue weighted by atomic mass is 32.2. The Morgan fingerprint density at radius 1 is 0.875 bits per heavy atom. The maximum absolute atomic E-state index is 12.7. The molecule has 2 rings (SSSR count). The molecule has 0 aromatic heterocycles. The van der Waals surface area contributed by atoms with Crippen molar-refractivity contribution in [3.63, 3.8) is 0 Å². The van der Waals surface area contributed by atoms with Gasteiger partial charge < -0.3 is 20.1 Å². The van der Waals surface area contributed by atoms with E-state index in [9.17, 15) is 18.0 Å². The van der Waals surface area contributed by atoms with Gasteiger partial charge in [-0.2, -0.15) is 0 Å². The third kappa shape index (κ3) is 6.00. The summed E-state index contributed by atoms with van der Waals surface area (Å²) in [5, 5.41) is 3.50. The van der Waals surface area contributed by atoms with Gasteiger partial charge >= 0.3 is 0 Å². The molecule has 32 heavy (non-hydrogen) atoms. The van der Waals surface area contributed by atoms with Crippen molar-refractivity contribution in [2.24, 2.45) is 0 Å². The second-order valence-electron chi connectivity index (χ2n) is 7.30. The number of sulfone groups is 1. The van der Waals surface area contributed by atoms with Gasteiger partial charge in [-0.1, -0.05) is 18.2 Å². The quantitative estimate of drug-likeness (QED) is 0.554. The Morgan fingerprint density at radius 3 is 1.84 bits per heavy atom. The van der Waals surface area contributed by atoms with Gasteiger partial charge in [0.25, 0.3) is 5.91 Å². The van der Waals surface area contributed by atoms with Gasteiger partial charge in [-0.05, 0) is 46.8 Å². The van der Waals surface area contributed by atoms with Gasteiger partial charge in [0.05, 0.1) is 29.8 Å². The number of anilines is 2. The van der Waals surface area contributed by atoms with Crippen LogP contribution in [-0.2, 0) is 14.6 Å². The van der Waals surface area contributed by atoms with Crippen LogP contribution >= 0.6 is 0 Å². The van der Waals surface area contributed by atoms with E-state index in [0.29, 0.717) is 30.2 Å². The van der Waals surface area contributed by atoms with Crippen LogP contribution in [0.15, 0.2) is 42.5 Å². The van der Waals surface area contributed by atoms with Crippen molar-refractivity contribution >= 4 is 33.0 Å². The molecular weight excluding hydrogens is 432 g/mol. The lowest BCUT2D eigenvalue weighted by Gasteiger charge is -2.20. The van der Waals surface area contributed by atoms with Gasteiger partial charge in [0, 0.05) is 17.7 Å². The average molecular weight is 463 g/mol. The third-order valence-corrected chi connectivity index (χ3v) is 7.26. The highest BCUT2D eigenvalue weighted by molar-refractivity contribution is 7.93. The van der Waals surface area contributed by atoms with Gasteiger partial charge in [0.15, 0.2) is 9.84 Å². The van der Waals surface area contributed by atoms with Crippen LogP contribution in [-0.4, -0.2) is 43.9 Å². The Balaban J connectivity index is 2.40. The molecule has 0 saturated carbocycles. The van der Waals surface area contributed by atoms with E-state index in [1.165, 1.54) is 26.8 Å². The lowest BCUT2D eigenvalue weighted by Crippen LogP contribution is -2.36. The van der Waals surface area contributed by atoms with Crippen molar-refractivity contribution in [1.29, 1.82) is 0 Å². The van der Waals surface area contributed by atoms with Gasteiger partial charge in [-0.15, -0.1) is 0 Å². The summed E-state index contributed by atoms with van der Waals surface area (Å²) >= 11 is 0. The fourth-order valence-corrected chi connectivity index (χ4v) is 4.05. The Kier molecular flexibility index (Phi) is 8.65. The van der Waals surface area contributed by atoms with E-state index in [4.69, 9.17) is 9.47 Å². The number of nitrogens with one attached hydrogen (secondary N) is 2. The van der Waals surface area contributed by atoms with E-state index >= 15 is 0 Å². The van der Waals surface area contributed by atoms with E-state index in [-0.39, 0.29) is 17.3 Å². The normalized spacial score (nSPS) is 12.2. The number of benzene rings is 2. The van der Waals surface area contributed by atoms with Crippen molar-refractivity contribution in [3.8, 4) is 11.5 Å². The number of ether oxygens (including phenoxy) is 2. The van der Waals surface area contributed by atoms with Crippen LogP contribution in [0.3, 0.4) is 0 Å². The van der Waals surface area contributed by atoms with Crippen LogP contribution < -0.4 is 20.1 Å². The first kappa shape index (κ1) is 25.2. The number of carbonyl (C=O) groups is 2. The maximum Gasteiger partial charge on any atom is 0.255 e. The summed E-state index contributed by atoms with van der Waals surface area (Å²) in [6.45, 7) is 8.58. The summed E-state index contributed by atoms with van der Waals surface area (Å²) in [4.78, 5) is 25.3. The van der Waals surface area contributed by atoms with Crippen LogP contribution in [0.25, 0.3) is 0 Å². The molecule has 9 heteroatoms. The predicted octanol–water partition coefficient (Wildman–Crippen LogP) is 3.89.